The molecule has 0 saturated carbocycles. The smallest absolute Gasteiger partial charge is 0.276 e. The highest BCUT2D eigenvalue weighted by atomic mass is 32.2. The summed E-state index contributed by atoms with van der Waals surface area (Å²) in [7, 11) is -3.51. The van der Waals surface area contributed by atoms with Crippen molar-refractivity contribution >= 4 is 32.2 Å². The number of rotatable bonds is 5. The van der Waals surface area contributed by atoms with Crippen molar-refractivity contribution in [2.75, 3.05) is 11.1 Å². The highest BCUT2D eigenvalue weighted by Crippen LogP contribution is 2.23. The maximum atomic E-state index is 12.9. The lowest BCUT2D eigenvalue weighted by Gasteiger charge is -2.12. The van der Waals surface area contributed by atoms with Gasteiger partial charge in [0, 0.05) is 11.9 Å². The van der Waals surface area contributed by atoms with E-state index in [1.165, 1.54) is 16.8 Å². The third-order valence-electron chi connectivity index (χ3n) is 4.23. The first-order chi connectivity index (χ1) is 12.9. The zero-order valence-electron chi connectivity index (χ0n) is 15.0. The molecule has 3 rings (SSSR count). The maximum absolute atomic E-state index is 12.9. The Balaban J connectivity index is 2.12. The largest absolute Gasteiger partial charge is 0.319 e. The minimum atomic E-state index is -3.51. The second kappa shape index (κ2) is 7.32. The van der Waals surface area contributed by atoms with E-state index in [1.807, 2.05) is 0 Å². The van der Waals surface area contributed by atoms with Gasteiger partial charge >= 0.3 is 0 Å². The fourth-order valence-electron chi connectivity index (χ4n) is 2.80. The molecule has 0 aliphatic heterocycles. The van der Waals surface area contributed by atoms with Crippen LogP contribution in [-0.2, 0) is 16.4 Å². The lowest BCUT2D eigenvalue weighted by Crippen LogP contribution is -2.27. The molecule has 7 nitrogen and oxygen atoms in total. The number of nitrogens with one attached hydrogen (secondary N) is 1. The van der Waals surface area contributed by atoms with E-state index in [2.05, 4.69) is 10.4 Å². The summed E-state index contributed by atoms with van der Waals surface area (Å²) in [6, 6.07) is 12.9. The van der Waals surface area contributed by atoms with Crippen LogP contribution in [0.2, 0.25) is 0 Å². The Morgan fingerprint density at radius 1 is 1.04 bits per heavy atom. The van der Waals surface area contributed by atoms with E-state index < -0.39 is 15.7 Å². The van der Waals surface area contributed by atoms with Gasteiger partial charge in [0.25, 0.3) is 11.5 Å². The molecule has 8 heteroatoms. The number of nitrogens with zero attached hydrogens (tertiary/aromatic N) is 2. The highest BCUT2D eigenvalue weighted by molar-refractivity contribution is 7.91. The summed E-state index contributed by atoms with van der Waals surface area (Å²) in [5.74, 6) is -0.658. The van der Waals surface area contributed by atoms with Crippen molar-refractivity contribution in [1.82, 2.24) is 9.78 Å². The first-order valence-electron chi connectivity index (χ1n) is 8.52. The fraction of sp³-hybridized carbons (Fsp3) is 0.211. The normalized spacial score (nSPS) is 11.5. The molecule has 3 aromatic rings. The Labute approximate surface area is 156 Å². The van der Waals surface area contributed by atoms with E-state index in [1.54, 1.807) is 50.2 Å². The molecule has 140 valence electrons. The van der Waals surface area contributed by atoms with E-state index in [4.69, 9.17) is 0 Å². The van der Waals surface area contributed by atoms with E-state index in [9.17, 15) is 18.0 Å². The number of anilines is 1. The van der Waals surface area contributed by atoms with Crippen LogP contribution < -0.4 is 10.9 Å². The number of fused-ring (bicyclic) bond motifs is 1. The number of hydrogen-bond donors (Lipinski definition) is 1. The van der Waals surface area contributed by atoms with Crippen LogP contribution in [0.5, 0.6) is 0 Å². The predicted molar refractivity (Wildman–Crippen MR) is 104 cm³/mol. The summed E-state index contributed by atoms with van der Waals surface area (Å²) < 4.78 is 25.8. The molecule has 0 fully saturated rings. The van der Waals surface area contributed by atoms with Crippen LogP contribution in [0.4, 0.5) is 5.69 Å². The molecule has 0 aliphatic rings. The van der Waals surface area contributed by atoms with E-state index >= 15 is 0 Å². The number of aromatic nitrogens is 2. The van der Waals surface area contributed by atoms with Gasteiger partial charge in [-0.2, -0.15) is 5.10 Å². The molecule has 0 bridgehead atoms. The minimum absolute atomic E-state index is 0.0500. The summed E-state index contributed by atoms with van der Waals surface area (Å²) >= 11 is 0. The molecule has 0 spiro atoms. The third-order valence-corrected chi connectivity index (χ3v) is 6.02. The Hall–Kier alpha value is -3.00. The Morgan fingerprint density at radius 3 is 2.33 bits per heavy atom. The van der Waals surface area contributed by atoms with Gasteiger partial charge in [0.2, 0.25) is 0 Å². The average Bonchev–Trinajstić information content (AvgIpc) is 2.68. The van der Waals surface area contributed by atoms with Gasteiger partial charge in [0.1, 0.15) is 0 Å². The lowest BCUT2D eigenvalue weighted by atomic mass is 10.1. The number of sulfone groups is 1. The summed E-state index contributed by atoms with van der Waals surface area (Å²) in [5.41, 5.74) is -0.0289. The van der Waals surface area contributed by atoms with Crippen LogP contribution in [0.3, 0.4) is 0 Å². The third kappa shape index (κ3) is 3.48. The Kier molecular flexibility index (Phi) is 5.09. The van der Waals surface area contributed by atoms with Crippen LogP contribution in [0.25, 0.3) is 10.8 Å². The minimum Gasteiger partial charge on any atom is -0.319 e. The first kappa shape index (κ1) is 18.8. The Bertz CT molecular complexity index is 1180. The molecule has 1 N–H and O–H groups in total. The SMILES string of the molecule is CCn1nc(C(=O)Nc2ccccc2S(=O)(=O)CC)c2ccccc2c1=O. The summed E-state index contributed by atoms with van der Waals surface area (Å²) in [6.45, 7) is 3.61. The summed E-state index contributed by atoms with van der Waals surface area (Å²) in [6.07, 6.45) is 0. The molecular weight excluding hydrogens is 366 g/mol. The molecule has 1 amide bonds. The van der Waals surface area contributed by atoms with E-state index in [0.29, 0.717) is 17.3 Å². The van der Waals surface area contributed by atoms with Crippen LogP contribution in [0.15, 0.2) is 58.2 Å². The molecule has 27 heavy (non-hydrogen) atoms. The molecule has 1 aromatic heterocycles. The number of benzene rings is 2. The van der Waals surface area contributed by atoms with Gasteiger partial charge < -0.3 is 5.32 Å². The van der Waals surface area contributed by atoms with Gasteiger partial charge in [-0.15, -0.1) is 0 Å². The van der Waals surface area contributed by atoms with Crippen molar-refractivity contribution in [3.63, 3.8) is 0 Å². The van der Waals surface area contributed by atoms with Crippen LogP contribution >= 0.6 is 0 Å². The summed E-state index contributed by atoms with van der Waals surface area (Å²) in [5, 5.41) is 7.60. The molecular formula is C19H19N3O4S. The molecule has 0 saturated heterocycles. The fourth-order valence-corrected chi connectivity index (χ4v) is 3.85. The highest BCUT2D eigenvalue weighted by Gasteiger charge is 2.21. The van der Waals surface area contributed by atoms with Crippen LogP contribution in [0, 0.1) is 0 Å². The maximum Gasteiger partial charge on any atom is 0.276 e. The average molecular weight is 385 g/mol. The molecule has 1 heterocycles. The van der Waals surface area contributed by atoms with E-state index in [-0.39, 0.29) is 27.6 Å². The van der Waals surface area contributed by atoms with Crippen LogP contribution in [0.1, 0.15) is 24.3 Å². The van der Waals surface area contributed by atoms with Crippen molar-refractivity contribution < 1.29 is 13.2 Å². The molecule has 0 radical (unpaired) electrons. The lowest BCUT2D eigenvalue weighted by molar-refractivity contribution is 0.102. The standard InChI is InChI=1S/C19H19N3O4S/c1-3-22-19(24)14-10-6-5-9-13(14)17(21-22)18(23)20-15-11-7-8-12-16(15)27(25,26)4-2/h5-12H,3-4H2,1-2H3,(H,20,23). The second-order valence-electron chi connectivity index (χ2n) is 5.87. The van der Waals surface area contributed by atoms with Gasteiger partial charge in [0.15, 0.2) is 15.5 Å². The van der Waals surface area contributed by atoms with Crippen molar-refractivity contribution in [2.45, 2.75) is 25.3 Å². The first-order valence-corrected chi connectivity index (χ1v) is 10.2. The number of aryl methyl sites for hydroxylation is 1. The van der Waals surface area contributed by atoms with Crippen molar-refractivity contribution in [1.29, 1.82) is 0 Å². The Morgan fingerprint density at radius 2 is 1.67 bits per heavy atom. The monoisotopic (exact) mass is 385 g/mol. The number of hydrogen-bond acceptors (Lipinski definition) is 5. The quantitative estimate of drug-likeness (QED) is 0.727. The van der Waals surface area contributed by atoms with Crippen molar-refractivity contribution in [2.24, 2.45) is 0 Å². The van der Waals surface area contributed by atoms with Gasteiger partial charge in [-0.05, 0) is 25.1 Å². The number of para-hydroxylation sites is 1. The van der Waals surface area contributed by atoms with Gasteiger partial charge in [0.05, 0.1) is 21.7 Å². The topological polar surface area (TPSA) is 98.1 Å². The second-order valence-corrected chi connectivity index (χ2v) is 8.12. The van der Waals surface area contributed by atoms with Crippen molar-refractivity contribution in [3.8, 4) is 0 Å². The van der Waals surface area contributed by atoms with E-state index in [0.717, 1.165) is 0 Å². The van der Waals surface area contributed by atoms with Crippen LogP contribution in [-0.4, -0.2) is 29.9 Å². The molecule has 0 aliphatic carbocycles. The van der Waals surface area contributed by atoms with Gasteiger partial charge in [-0.25, -0.2) is 13.1 Å². The van der Waals surface area contributed by atoms with Crippen molar-refractivity contribution in [3.05, 3.63) is 64.6 Å². The predicted octanol–water partition coefficient (Wildman–Crippen LogP) is 2.46. The van der Waals surface area contributed by atoms with Gasteiger partial charge in [-0.3, -0.25) is 9.59 Å². The molecule has 0 unspecified atom stereocenters. The number of carbonyl (C=O) groups excluding carboxylic acids is 1. The number of carbonyl (C=O) groups is 1. The zero-order chi connectivity index (χ0) is 19.6. The van der Waals surface area contributed by atoms with Gasteiger partial charge in [-0.1, -0.05) is 37.3 Å². The molecule has 0 atom stereocenters. The summed E-state index contributed by atoms with van der Waals surface area (Å²) in [4.78, 5) is 25.3. The number of amides is 1. The zero-order valence-corrected chi connectivity index (χ0v) is 15.8. The molecule has 2 aromatic carbocycles.